The fraction of sp³-hybridized carbons (Fsp3) is 0.571. The van der Waals surface area contributed by atoms with Crippen LogP contribution in [0.3, 0.4) is 0 Å². The molecule has 0 aromatic heterocycles. The molecule has 1 atom stereocenters. The van der Waals surface area contributed by atoms with Crippen LogP contribution in [0.1, 0.15) is 50.7 Å². The monoisotopic (exact) mass is 283 g/mol. The van der Waals surface area contributed by atoms with Crippen molar-refractivity contribution in [1.82, 2.24) is 0 Å². The number of aliphatic hydroxyl groups excluding tert-OH is 1. The minimum atomic E-state index is -3.28. The van der Waals surface area contributed by atoms with E-state index in [1.165, 1.54) is 0 Å². The summed E-state index contributed by atoms with van der Waals surface area (Å²) in [6.45, 7) is 1.68. The Morgan fingerprint density at radius 1 is 1.16 bits per heavy atom. The highest BCUT2D eigenvalue weighted by Crippen LogP contribution is 2.25. The van der Waals surface area contributed by atoms with Gasteiger partial charge in [-0.25, -0.2) is 8.42 Å². The number of aliphatic hydroxyl groups is 1. The molecule has 1 aliphatic carbocycles. The van der Waals surface area contributed by atoms with E-state index in [9.17, 15) is 13.5 Å². The van der Waals surface area contributed by atoms with Gasteiger partial charge in [0.05, 0.1) is 11.4 Å². The van der Waals surface area contributed by atoms with Crippen LogP contribution in [0, 0.1) is 0 Å². The molecule has 19 heavy (non-hydrogen) atoms. The second-order valence-electron chi connectivity index (χ2n) is 5.21. The second kappa shape index (κ2) is 5.92. The van der Waals surface area contributed by atoms with Crippen LogP contribution < -0.4 is 4.72 Å². The molecule has 5 heteroatoms. The zero-order valence-corrected chi connectivity index (χ0v) is 12.0. The lowest BCUT2D eigenvalue weighted by Gasteiger charge is -2.22. The first-order valence-electron chi connectivity index (χ1n) is 6.79. The highest BCUT2D eigenvalue weighted by molar-refractivity contribution is 7.93. The van der Waals surface area contributed by atoms with Crippen molar-refractivity contribution >= 4 is 15.7 Å². The minimum absolute atomic E-state index is 0.266. The second-order valence-corrected chi connectivity index (χ2v) is 7.17. The smallest absolute Gasteiger partial charge is 0.235 e. The number of nitrogens with one attached hydrogen (secondary N) is 1. The van der Waals surface area contributed by atoms with Crippen LogP contribution in [-0.2, 0) is 10.0 Å². The molecule has 0 saturated heterocycles. The molecule has 0 radical (unpaired) electrons. The van der Waals surface area contributed by atoms with Gasteiger partial charge in [0.2, 0.25) is 10.0 Å². The van der Waals surface area contributed by atoms with E-state index in [0.29, 0.717) is 5.69 Å². The van der Waals surface area contributed by atoms with Crippen LogP contribution in [0.4, 0.5) is 5.69 Å². The van der Waals surface area contributed by atoms with Crippen molar-refractivity contribution in [2.24, 2.45) is 0 Å². The maximum Gasteiger partial charge on any atom is 0.235 e. The average Bonchev–Trinajstić information content (AvgIpc) is 2.40. The molecule has 1 aromatic carbocycles. The summed E-state index contributed by atoms with van der Waals surface area (Å²) in [5.74, 6) is 0. The predicted molar refractivity (Wildman–Crippen MR) is 76.5 cm³/mol. The van der Waals surface area contributed by atoms with Gasteiger partial charge in [0.15, 0.2) is 0 Å². The molecule has 0 aliphatic heterocycles. The average molecular weight is 283 g/mol. The minimum Gasteiger partial charge on any atom is -0.389 e. The summed E-state index contributed by atoms with van der Waals surface area (Å²) in [5, 5.41) is 9.15. The molecule has 0 heterocycles. The fourth-order valence-corrected chi connectivity index (χ4v) is 4.04. The molecule has 106 valence electrons. The summed E-state index contributed by atoms with van der Waals surface area (Å²) in [4.78, 5) is 0. The van der Waals surface area contributed by atoms with Crippen LogP contribution in [0.25, 0.3) is 0 Å². The van der Waals surface area contributed by atoms with Crippen molar-refractivity contribution in [3.8, 4) is 0 Å². The summed E-state index contributed by atoms with van der Waals surface area (Å²) in [5.41, 5.74) is 1.34. The number of hydrogen-bond donors (Lipinski definition) is 2. The van der Waals surface area contributed by atoms with Crippen molar-refractivity contribution in [3.63, 3.8) is 0 Å². The Morgan fingerprint density at radius 2 is 1.74 bits per heavy atom. The Labute approximate surface area is 114 Å². The van der Waals surface area contributed by atoms with E-state index in [4.69, 9.17) is 0 Å². The summed E-state index contributed by atoms with van der Waals surface area (Å²) in [6, 6.07) is 6.87. The molecule has 1 fully saturated rings. The molecule has 4 nitrogen and oxygen atoms in total. The van der Waals surface area contributed by atoms with E-state index in [0.717, 1.165) is 37.7 Å². The van der Waals surface area contributed by atoms with Crippen LogP contribution in [0.5, 0.6) is 0 Å². The number of benzene rings is 1. The quantitative estimate of drug-likeness (QED) is 0.893. The predicted octanol–water partition coefficient (Wildman–Crippen LogP) is 2.81. The van der Waals surface area contributed by atoms with Crippen LogP contribution >= 0.6 is 0 Å². The third kappa shape index (κ3) is 3.70. The number of rotatable bonds is 4. The Morgan fingerprint density at radius 3 is 2.26 bits per heavy atom. The zero-order chi connectivity index (χ0) is 13.9. The van der Waals surface area contributed by atoms with E-state index in [2.05, 4.69) is 4.72 Å². The van der Waals surface area contributed by atoms with Gasteiger partial charge in [-0.1, -0.05) is 31.4 Å². The first kappa shape index (κ1) is 14.3. The van der Waals surface area contributed by atoms with Crippen molar-refractivity contribution in [1.29, 1.82) is 0 Å². The lowest BCUT2D eigenvalue weighted by atomic mass is 10.0. The molecular weight excluding hydrogens is 262 g/mol. The standard InChI is InChI=1S/C14H21NO3S/c1-11(16)12-7-9-13(10-8-12)15-19(17,18)14-5-3-2-4-6-14/h7-11,14-16H,2-6H2,1H3. The van der Waals surface area contributed by atoms with Gasteiger partial charge in [0.1, 0.15) is 0 Å². The lowest BCUT2D eigenvalue weighted by molar-refractivity contribution is 0.199. The largest absolute Gasteiger partial charge is 0.389 e. The molecule has 0 spiro atoms. The first-order chi connectivity index (χ1) is 8.99. The molecule has 2 N–H and O–H groups in total. The third-order valence-corrected chi connectivity index (χ3v) is 5.51. The van der Waals surface area contributed by atoms with E-state index in [1.54, 1.807) is 31.2 Å². The lowest BCUT2D eigenvalue weighted by Crippen LogP contribution is -2.29. The van der Waals surface area contributed by atoms with E-state index < -0.39 is 16.1 Å². The maximum absolute atomic E-state index is 12.2. The SMILES string of the molecule is CC(O)c1ccc(NS(=O)(=O)C2CCCCC2)cc1. The number of sulfonamides is 1. The van der Waals surface area contributed by atoms with Gasteiger partial charge < -0.3 is 5.11 Å². The first-order valence-corrected chi connectivity index (χ1v) is 8.33. The van der Waals surface area contributed by atoms with E-state index >= 15 is 0 Å². The van der Waals surface area contributed by atoms with E-state index in [1.807, 2.05) is 0 Å². The van der Waals surface area contributed by atoms with E-state index in [-0.39, 0.29) is 5.25 Å². The van der Waals surface area contributed by atoms with Gasteiger partial charge >= 0.3 is 0 Å². The Balaban J connectivity index is 2.06. The Hall–Kier alpha value is -1.07. The summed E-state index contributed by atoms with van der Waals surface area (Å²) in [6.07, 6.45) is 4.08. The van der Waals surface area contributed by atoms with Gasteiger partial charge in [-0.15, -0.1) is 0 Å². The molecule has 1 aliphatic rings. The van der Waals surface area contributed by atoms with Crippen molar-refractivity contribution < 1.29 is 13.5 Å². The van der Waals surface area contributed by atoms with Crippen molar-refractivity contribution in [2.75, 3.05) is 4.72 Å². The zero-order valence-electron chi connectivity index (χ0n) is 11.2. The molecule has 1 unspecified atom stereocenters. The van der Waals surface area contributed by atoms with Crippen molar-refractivity contribution in [3.05, 3.63) is 29.8 Å². The van der Waals surface area contributed by atoms with Gasteiger partial charge in [-0.2, -0.15) is 0 Å². The Bertz CT molecular complexity index is 502. The summed E-state index contributed by atoms with van der Waals surface area (Å²) < 4.78 is 27.1. The molecule has 1 saturated carbocycles. The number of anilines is 1. The molecule has 0 amide bonds. The van der Waals surface area contributed by atoms with Gasteiger partial charge in [-0.3, -0.25) is 4.72 Å². The summed E-state index contributed by atoms with van der Waals surface area (Å²) in [7, 11) is -3.28. The molecule has 2 rings (SSSR count). The van der Waals surface area contributed by atoms with Crippen LogP contribution in [0.15, 0.2) is 24.3 Å². The normalized spacial score (nSPS) is 19.1. The van der Waals surface area contributed by atoms with Crippen molar-refractivity contribution in [2.45, 2.75) is 50.4 Å². The molecule has 0 bridgehead atoms. The maximum atomic E-state index is 12.2. The van der Waals surface area contributed by atoms with Gasteiger partial charge in [0.25, 0.3) is 0 Å². The fourth-order valence-electron chi connectivity index (χ4n) is 2.45. The Kier molecular flexibility index (Phi) is 4.47. The number of hydrogen-bond acceptors (Lipinski definition) is 3. The highest BCUT2D eigenvalue weighted by atomic mass is 32.2. The van der Waals surface area contributed by atoms with Crippen LogP contribution in [0.2, 0.25) is 0 Å². The molecule has 1 aromatic rings. The highest BCUT2D eigenvalue weighted by Gasteiger charge is 2.27. The topological polar surface area (TPSA) is 66.4 Å². The third-order valence-electron chi connectivity index (χ3n) is 3.64. The molecular formula is C14H21NO3S. The van der Waals surface area contributed by atoms with Gasteiger partial charge in [-0.05, 0) is 37.5 Å². The van der Waals surface area contributed by atoms with Gasteiger partial charge in [0, 0.05) is 5.69 Å². The summed E-state index contributed by atoms with van der Waals surface area (Å²) >= 11 is 0. The van der Waals surface area contributed by atoms with Crippen LogP contribution in [-0.4, -0.2) is 18.8 Å².